The Bertz CT molecular complexity index is 550. The van der Waals surface area contributed by atoms with E-state index in [2.05, 4.69) is 30.1 Å². The Labute approximate surface area is 115 Å². The lowest BCUT2D eigenvalue weighted by molar-refractivity contribution is 0.785. The Morgan fingerprint density at radius 2 is 1.84 bits per heavy atom. The molecule has 19 heavy (non-hydrogen) atoms. The summed E-state index contributed by atoms with van der Waals surface area (Å²) in [5.74, 6) is 1.52. The molecule has 0 aliphatic heterocycles. The van der Waals surface area contributed by atoms with E-state index in [1.807, 2.05) is 25.7 Å². The molecule has 2 heterocycles. The van der Waals surface area contributed by atoms with E-state index < -0.39 is 0 Å². The number of aromatic nitrogens is 6. The van der Waals surface area contributed by atoms with Crippen LogP contribution in [0.2, 0.25) is 0 Å². The molecular formula is C10H16N8S. The van der Waals surface area contributed by atoms with Crippen molar-refractivity contribution in [2.24, 2.45) is 0 Å². The number of nitrogens with one attached hydrogen (secondary N) is 1. The fourth-order valence-corrected chi connectivity index (χ4v) is 2.21. The maximum absolute atomic E-state index is 5.71. The third kappa shape index (κ3) is 3.31. The quantitative estimate of drug-likeness (QED) is 0.830. The van der Waals surface area contributed by atoms with E-state index in [1.165, 1.54) is 11.8 Å². The Morgan fingerprint density at radius 1 is 1.11 bits per heavy atom. The number of hydrogen-bond donors (Lipinski definition) is 2. The third-order valence-corrected chi connectivity index (χ3v) is 3.16. The summed E-state index contributed by atoms with van der Waals surface area (Å²) in [6.07, 6.45) is 0. The molecule has 9 heteroatoms. The Morgan fingerprint density at radius 3 is 2.42 bits per heavy atom. The average molecular weight is 280 g/mol. The summed E-state index contributed by atoms with van der Waals surface area (Å²) in [5, 5.41) is 7.85. The van der Waals surface area contributed by atoms with Crippen LogP contribution in [0.4, 0.5) is 11.9 Å². The largest absolute Gasteiger partial charge is 0.368 e. The zero-order chi connectivity index (χ0) is 13.8. The number of aromatic amines is 1. The van der Waals surface area contributed by atoms with Gasteiger partial charge in [-0.2, -0.15) is 15.0 Å². The second-order valence-electron chi connectivity index (χ2n) is 3.75. The molecule has 102 valence electrons. The highest BCUT2D eigenvalue weighted by Gasteiger charge is 2.12. The van der Waals surface area contributed by atoms with E-state index >= 15 is 0 Å². The third-order valence-electron chi connectivity index (χ3n) is 2.43. The summed E-state index contributed by atoms with van der Waals surface area (Å²) in [6.45, 7) is 7.53. The van der Waals surface area contributed by atoms with Crippen LogP contribution >= 0.6 is 11.8 Å². The summed E-state index contributed by atoms with van der Waals surface area (Å²) < 4.78 is 0. The van der Waals surface area contributed by atoms with Gasteiger partial charge in [-0.05, 0) is 32.5 Å². The van der Waals surface area contributed by atoms with Crippen LogP contribution in [0.25, 0.3) is 0 Å². The first-order valence-corrected chi connectivity index (χ1v) is 6.77. The van der Waals surface area contributed by atoms with Gasteiger partial charge in [-0.3, -0.25) is 5.10 Å². The van der Waals surface area contributed by atoms with Gasteiger partial charge in [0.1, 0.15) is 5.82 Å². The molecule has 2 rings (SSSR count). The number of anilines is 2. The lowest BCUT2D eigenvalue weighted by Crippen LogP contribution is -2.25. The molecule has 0 radical (unpaired) electrons. The van der Waals surface area contributed by atoms with E-state index in [0.717, 1.165) is 18.9 Å². The highest BCUT2D eigenvalue weighted by atomic mass is 32.2. The number of H-pyrrole nitrogens is 1. The van der Waals surface area contributed by atoms with Crippen LogP contribution in [0, 0.1) is 6.92 Å². The Hall–Kier alpha value is -1.90. The average Bonchev–Trinajstić information content (AvgIpc) is 2.75. The van der Waals surface area contributed by atoms with Gasteiger partial charge in [-0.15, -0.1) is 5.10 Å². The molecular weight excluding hydrogens is 264 g/mol. The van der Waals surface area contributed by atoms with Crippen molar-refractivity contribution in [1.29, 1.82) is 0 Å². The molecule has 2 aromatic heterocycles. The molecule has 0 unspecified atom stereocenters. The first kappa shape index (κ1) is 13.5. The molecule has 2 aromatic rings. The molecule has 0 aliphatic rings. The van der Waals surface area contributed by atoms with Gasteiger partial charge in [0.25, 0.3) is 0 Å². The fourth-order valence-electron chi connectivity index (χ4n) is 1.50. The van der Waals surface area contributed by atoms with Crippen LogP contribution in [-0.2, 0) is 0 Å². The first-order valence-electron chi connectivity index (χ1n) is 5.95. The number of nitrogen functional groups attached to an aromatic ring is 1. The van der Waals surface area contributed by atoms with Crippen molar-refractivity contribution in [2.45, 2.75) is 31.1 Å². The van der Waals surface area contributed by atoms with Crippen molar-refractivity contribution in [3.8, 4) is 0 Å². The highest BCUT2D eigenvalue weighted by Crippen LogP contribution is 2.22. The normalized spacial score (nSPS) is 10.7. The summed E-state index contributed by atoms with van der Waals surface area (Å²) in [4.78, 5) is 18.8. The zero-order valence-electron chi connectivity index (χ0n) is 11.1. The number of nitrogens with zero attached hydrogens (tertiary/aromatic N) is 6. The number of rotatable bonds is 5. The van der Waals surface area contributed by atoms with Crippen molar-refractivity contribution < 1.29 is 0 Å². The van der Waals surface area contributed by atoms with Crippen molar-refractivity contribution in [3.63, 3.8) is 0 Å². The standard InChI is InChI=1S/C10H16N8S/c1-4-18(5-2)8-13-7(11)14-9(15-8)19-10-12-6(3)16-17-10/h4-5H2,1-3H3,(H,12,16,17)(H2,11,13,14,15). The first-order chi connectivity index (χ1) is 9.12. The topological polar surface area (TPSA) is 110 Å². The van der Waals surface area contributed by atoms with E-state index in [4.69, 9.17) is 5.73 Å². The predicted octanol–water partition coefficient (Wildman–Crippen LogP) is 0.878. The molecule has 0 saturated carbocycles. The van der Waals surface area contributed by atoms with E-state index in [-0.39, 0.29) is 5.95 Å². The maximum Gasteiger partial charge on any atom is 0.231 e. The Kier molecular flexibility index (Phi) is 4.15. The maximum atomic E-state index is 5.71. The fraction of sp³-hybridized carbons (Fsp3) is 0.500. The lowest BCUT2D eigenvalue weighted by atomic mass is 10.5. The monoisotopic (exact) mass is 280 g/mol. The molecule has 0 amide bonds. The number of nitrogens with two attached hydrogens (primary N) is 1. The molecule has 0 atom stereocenters. The van der Waals surface area contributed by atoms with E-state index in [0.29, 0.717) is 16.3 Å². The molecule has 8 nitrogen and oxygen atoms in total. The van der Waals surface area contributed by atoms with Crippen LogP contribution in [0.5, 0.6) is 0 Å². The van der Waals surface area contributed by atoms with Gasteiger partial charge in [-0.1, -0.05) is 0 Å². The zero-order valence-corrected chi connectivity index (χ0v) is 11.9. The molecule has 0 saturated heterocycles. The minimum atomic E-state index is 0.201. The smallest absolute Gasteiger partial charge is 0.231 e. The van der Waals surface area contributed by atoms with E-state index in [1.54, 1.807) is 0 Å². The van der Waals surface area contributed by atoms with Gasteiger partial charge >= 0.3 is 0 Å². The van der Waals surface area contributed by atoms with Crippen molar-refractivity contribution in [3.05, 3.63) is 5.82 Å². The van der Waals surface area contributed by atoms with Crippen molar-refractivity contribution in [1.82, 2.24) is 30.1 Å². The molecule has 0 aliphatic carbocycles. The van der Waals surface area contributed by atoms with Crippen LogP contribution in [0.1, 0.15) is 19.7 Å². The molecule has 0 aromatic carbocycles. The summed E-state index contributed by atoms with van der Waals surface area (Å²) in [5.41, 5.74) is 5.71. The second kappa shape index (κ2) is 5.83. The van der Waals surface area contributed by atoms with Crippen LogP contribution in [-0.4, -0.2) is 43.2 Å². The Balaban J connectivity index is 2.25. The van der Waals surface area contributed by atoms with Crippen LogP contribution in [0.15, 0.2) is 10.3 Å². The molecule has 0 bridgehead atoms. The number of hydrogen-bond acceptors (Lipinski definition) is 8. The summed E-state index contributed by atoms with van der Waals surface area (Å²) in [7, 11) is 0. The summed E-state index contributed by atoms with van der Waals surface area (Å²) >= 11 is 1.25. The van der Waals surface area contributed by atoms with Crippen molar-refractivity contribution >= 4 is 23.7 Å². The predicted molar refractivity (Wildman–Crippen MR) is 73.0 cm³/mol. The minimum absolute atomic E-state index is 0.201. The summed E-state index contributed by atoms with van der Waals surface area (Å²) in [6, 6.07) is 0. The minimum Gasteiger partial charge on any atom is -0.368 e. The van der Waals surface area contributed by atoms with E-state index in [9.17, 15) is 0 Å². The van der Waals surface area contributed by atoms with Crippen molar-refractivity contribution in [2.75, 3.05) is 23.7 Å². The van der Waals surface area contributed by atoms with Gasteiger partial charge in [0.2, 0.25) is 22.2 Å². The van der Waals surface area contributed by atoms with Gasteiger partial charge in [0.15, 0.2) is 0 Å². The highest BCUT2D eigenvalue weighted by molar-refractivity contribution is 7.99. The molecule has 0 fully saturated rings. The SMILES string of the molecule is CCN(CC)c1nc(N)nc(Sc2n[nH]c(C)n2)n1. The van der Waals surface area contributed by atoms with Gasteiger partial charge in [-0.25, -0.2) is 4.98 Å². The molecule has 0 spiro atoms. The van der Waals surface area contributed by atoms with Crippen LogP contribution in [0.3, 0.4) is 0 Å². The molecule has 3 N–H and O–H groups in total. The van der Waals surface area contributed by atoms with Crippen LogP contribution < -0.4 is 10.6 Å². The number of aryl methyl sites for hydroxylation is 1. The lowest BCUT2D eigenvalue weighted by Gasteiger charge is -2.18. The van der Waals surface area contributed by atoms with Gasteiger partial charge in [0.05, 0.1) is 0 Å². The second-order valence-corrected chi connectivity index (χ2v) is 4.69. The van der Waals surface area contributed by atoms with Gasteiger partial charge < -0.3 is 10.6 Å². The van der Waals surface area contributed by atoms with Gasteiger partial charge in [0, 0.05) is 13.1 Å².